The van der Waals surface area contributed by atoms with Gasteiger partial charge in [-0.25, -0.2) is 8.42 Å². The van der Waals surface area contributed by atoms with E-state index in [9.17, 15) is 18.3 Å². The maximum atomic E-state index is 13.4. The van der Waals surface area contributed by atoms with Crippen molar-refractivity contribution in [3.8, 4) is 5.75 Å². The number of ether oxygens (including phenoxy) is 1. The highest BCUT2D eigenvalue weighted by Crippen LogP contribution is 2.31. The third-order valence-electron chi connectivity index (χ3n) is 6.33. The second-order valence-corrected chi connectivity index (χ2v) is 11.3. The number of sulfonamides is 1. The summed E-state index contributed by atoms with van der Waals surface area (Å²) in [7, 11) is 1.60. The van der Waals surface area contributed by atoms with Crippen LogP contribution in [0.3, 0.4) is 0 Å². The molecule has 3 atom stereocenters. The summed E-state index contributed by atoms with van der Waals surface area (Å²) in [5.41, 5.74) is 2.22. The zero-order chi connectivity index (χ0) is 25.2. The Balaban J connectivity index is 1.97. The molecule has 1 amide bonds. The maximum Gasteiger partial charge on any atom is 0.258 e. The first-order chi connectivity index (χ1) is 15.9. The van der Waals surface area contributed by atoms with Gasteiger partial charge in [-0.2, -0.15) is 4.31 Å². The number of benzene rings is 2. The Morgan fingerprint density at radius 3 is 2.38 bits per heavy atom. The lowest BCUT2D eigenvalue weighted by Gasteiger charge is -2.38. The Morgan fingerprint density at radius 2 is 1.79 bits per heavy atom. The molecule has 0 unspecified atom stereocenters. The monoisotopic (exact) mass is 489 g/mol. The number of anilines is 1. The van der Waals surface area contributed by atoms with Gasteiger partial charge in [0, 0.05) is 39.3 Å². The van der Waals surface area contributed by atoms with Crippen molar-refractivity contribution in [2.24, 2.45) is 5.92 Å². The molecule has 0 spiro atoms. The number of hydrogen-bond acceptors (Lipinski definition) is 6. The number of aliphatic hydroxyl groups excluding tert-OH is 1. The van der Waals surface area contributed by atoms with E-state index in [4.69, 9.17) is 4.74 Å². The Kier molecular flexibility index (Phi) is 7.90. The first-order valence-corrected chi connectivity index (χ1v) is 12.8. The molecule has 8 nitrogen and oxygen atoms in total. The highest BCUT2D eigenvalue weighted by molar-refractivity contribution is 7.89. The third kappa shape index (κ3) is 5.37. The molecule has 0 radical (unpaired) electrons. The van der Waals surface area contributed by atoms with Crippen molar-refractivity contribution in [3.05, 3.63) is 53.6 Å². The van der Waals surface area contributed by atoms with Gasteiger partial charge in [0.15, 0.2) is 0 Å². The highest BCUT2D eigenvalue weighted by Gasteiger charge is 2.35. The molecule has 0 aliphatic carbocycles. The summed E-state index contributed by atoms with van der Waals surface area (Å²) >= 11 is 0. The summed E-state index contributed by atoms with van der Waals surface area (Å²) in [5.74, 6) is 0.00454. The fourth-order valence-corrected chi connectivity index (χ4v) is 5.13. The van der Waals surface area contributed by atoms with Gasteiger partial charge in [-0.1, -0.05) is 24.6 Å². The van der Waals surface area contributed by atoms with E-state index < -0.39 is 22.2 Å². The lowest BCUT2D eigenvalue weighted by molar-refractivity contribution is 0.0387. The molecule has 1 aliphatic rings. The van der Waals surface area contributed by atoms with E-state index >= 15 is 0 Å². The predicted molar refractivity (Wildman–Crippen MR) is 133 cm³/mol. The van der Waals surface area contributed by atoms with Crippen LogP contribution in [0.1, 0.15) is 29.8 Å². The van der Waals surface area contributed by atoms with Crippen LogP contribution >= 0.6 is 0 Å². The van der Waals surface area contributed by atoms with E-state index in [1.807, 2.05) is 38.9 Å². The zero-order valence-electron chi connectivity index (χ0n) is 20.7. The second kappa shape index (κ2) is 10.3. The third-order valence-corrected chi connectivity index (χ3v) is 8.17. The van der Waals surface area contributed by atoms with E-state index in [-0.39, 0.29) is 29.9 Å². The number of fused-ring (bicyclic) bond motifs is 1. The van der Waals surface area contributed by atoms with Crippen LogP contribution in [0.2, 0.25) is 0 Å². The Labute approximate surface area is 202 Å². The molecule has 0 saturated carbocycles. The van der Waals surface area contributed by atoms with E-state index in [0.29, 0.717) is 17.9 Å². The topological polar surface area (TPSA) is 90.4 Å². The minimum Gasteiger partial charge on any atom is -0.488 e. The van der Waals surface area contributed by atoms with Crippen LogP contribution < -0.4 is 9.64 Å². The van der Waals surface area contributed by atoms with Gasteiger partial charge >= 0.3 is 0 Å². The summed E-state index contributed by atoms with van der Waals surface area (Å²) < 4.78 is 34.0. The Hall–Kier alpha value is -2.62. The van der Waals surface area contributed by atoms with Gasteiger partial charge in [0.25, 0.3) is 5.91 Å². The van der Waals surface area contributed by atoms with Crippen molar-refractivity contribution in [2.45, 2.75) is 37.8 Å². The van der Waals surface area contributed by atoms with Crippen molar-refractivity contribution < 1.29 is 23.1 Å². The Bertz CT molecular complexity index is 1120. The fraction of sp³-hybridized carbons (Fsp3) is 0.480. The van der Waals surface area contributed by atoms with Gasteiger partial charge < -0.3 is 19.6 Å². The van der Waals surface area contributed by atoms with Crippen molar-refractivity contribution >= 4 is 21.6 Å². The summed E-state index contributed by atoms with van der Waals surface area (Å²) in [5, 5.41) is 9.79. The quantitative estimate of drug-likeness (QED) is 0.643. The van der Waals surface area contributed by atoms with E-state index in [1.165, 1.54) is 4.31 Å². The minimum absolute atomic E-state index is 0.113. The molecular formula is C25H35N3O5S. The van der Waals surface area contributed by atoms with Crippen LogP contribution in [-0.2, 0) is 10.0 Å². The molecule has 3 rings (SSSR count). The van der Waals surface area contributed by atoms with Gasteiger partial charge in [-0.3, -0.25) is 4.79 Å². The molecule has 1 heterocycles. The molecule has 0 bridgehead atoms. The SMILES string of the molecule is Cc1ccc(S(=O)(=O)N(C)C[C@H]2Oc3ccc(N(C)C)cc3C(=O)N([C@@H](C)CO)C[C@H]2C)cc1. The van der Waals surface area contributed by atoms with Crippen LogP contribution in [0, 0.1) is 12.8 Å². The van der Waals surface area contributed by atoms with E-state index in [1.54, 1.807) is 55.3 Å². The van der Waals surface area contributed by atoms with E-state index in [0.717, 1.165) is 11.3 Å². The standard InChI is InChI=1S/C25H35N3O5S/c1-17-7-10-21(11-8-17)34(31,32)27(6)15-24-18(2)14-28(19(3)16-29)25(30)22-13-20(26(4)5)9-12-23(22)33-24/h7-13,18-19,24,29H,14-16H2,1-6H3/t18-,19+,24-/m1/s1. The lowest BCUT2D eigenvalue weighted by Crippen LogP contribution is -2.50. The molecule has 9 heteroatoms. The van der Waals surface area contributed by atoms with Crippen LogP contribution in [0.5, 0.6) is 5.75 Å². The van der Waals surface area contributed by atoms with Crippen LogP contribution in [0.15, 0.2) is 47.4 Å². The van der Waals surface area contributed by atoms with Gasteiger partial charge in [0.05, 0.1) is 29.7 Å². The average Bonchev–Trinajstić information content (AvgIpc) is 2.80. The summed E-state index contributed by atoms with van der Waals surface area (Å²) in [6, 6.07) is 11.7. The summed E-state index contributed by atoms with van der Waals surface area (Å²) in [4.78, 5) is 17.2. The molecule has 1 N–H and O–H groups in total. The number of likely N-dealkylation sites (N-methyl/N-ethyl adjacent to an activating group) is 1. The van der Waals surface area contributed by atoms with Gasteiger partial charge in [-0.15, -0.1) is 0 Å². The van der Waals surface area contributed by atoms with Gasteiger partial charge in [0.1, 0.15) is 11.9 Å². The number of rotatable bonds is 7. The first-order valence-electron chi connectivity index (χ1n) is 11.4. The number of nitrogens with zero attached hydrogens (tertiary/aromatic N) is 3. The molecule has 34 heavy (non-hydrogen) atoms. The molecule has 1 aliphatic heterocycles. The second-order valence-electron chi connectivity index (χ2n) is 9.30. The molecule has 186 valence electrons. The van der Waals surface area contributed by atoms with Crippen molar-refractivity contribution in [3.63, 3.8) is 0 Å². The molecule has 2 aromatic rings. The molecule has 2 aromatic carbocycles. The predicted octanol–water partition coefficient (Wildman–Crippen LogP) is 2.60. The zero-order valence-corrected chi connectivity index (χ0v) is 21.5. The largest absolute Gasteiger partial charge is 0.488 e. The van der Waals surface area contributed by atoms with Gasteiger partial charge in [0.2, 0.25) is 10.0 Å². The number of aryl methyl sites for hydroxylation is 1. The molecular weight excluding hydrogens is 454 g/mol. The van der Waals surface area contributed by atoms with Crippen LogP contribution in [-0.4, -0.2) is 81.6 Å². The smallest absolute Gasteiger partial charge is 0.258 e. The van der Waals surface area contributed by atoms with Gasteiger partial charge in [-0.05, 0) is 44.2 Å². The number of hydrogen-bond donors (Lipinski definition) is 1. The minimum atomic E-state index is -3.71. The highest BCUT2D eigenvalue weighted by atomic mass is 32.2. The van der Waals surface area contributed by atoms with Crippen molar-refractivity contribution in [2.75, 3.05) is 45.7 Å². The fourth-order valence-electron chi connectivity index (χ4n) is 3.95. The number of amides is 1. The normalized spacial score (nSPS) is 19.8. The number of carbonyl (C=O) groups is 1. The number of carbonyl (C=O) groups excluding carboxylic acids is 1. The molecule has 0 aromatic heterocycles. The first kappa shape index (κ1) is 26.0. The lowest BCUT2D eigenvalue weighted by atomic mass is 9.99. The average molecular weight is 490 g/mol. The van der Waals surface area contributed by atoms with Crippen molar-refractivity contribution in [1.29, 1.82) is 0 Å². The number of aliphatic hydroxyl groups is 1. The summed E-state index contributed by atoms with van der Waals surface area (Å²) in [6.45, 7) is 5.90. The van der Waals surface area contributed by atoms with Crippen LogP contribution in [0.25, 0.3) is 0 Å². The van der Waals surface area contributed by atoms with Crippen LogP contribution in [0.4, 0.5) is 5.69 Å². The molecule has 0 saturated heterocycles. The van der Waals surface area contributed by atoms with E-state index in [2.05, 4.69) is 0 Å². The molecule has 0 fully saturated rings. The Morgan fingerprint density at radius 1 is 1.15 bits per heavy atom. The summed E-state index contributed by atoms with van der Waals surface area (Å²) in [6.07, 6.45) is -0.504. The van der Waals surface area contributed by atoms with Crippen molar-refractivity contribution in [1.82, 2.24) is 9.21 Å². The maximum absolute atomic E-state index is 13.4.